The van der Waals surface area contributed by atoms with Gasteiger partial charge in [0.25, 0.3) is 0 Å². The number of aromatic nitrogens is 3. The first-order valence-electron chi connectivity index (χ1n) is 10.9. The molecule has 1 aliphatic heterocycles. The van der Waals surface area contributed by atoms with E-state index in [4.69, 9.17) is 14.5 Å². The number of morpholine rings is 1. The van der Waals surface area contributed by atoms with Gasteiger partial charge in [-0.1, -0.05) is 12.1 Å². The molecule has 10 nitrogen and oxygen atoms in total. The number of hydrogen-bond acceptors (Lipinski definition) is 10. The number of hydrogen-bond donors (Lipinski definition) is 2. The molecule has 0 radical (unpaired) electrons. The maximum absolute atomic E-state index is 11.6. The number of anilines is 4. The molecule has 1 saturated heterocycles. The lowest BCUT2D eigenvalue weighted by Gasteiger charge is -2.28. The summed E-state index contributed by atoms with van der Waals surface area (Å²) in [5.74, 6) is 1.68. The summed E-state index contributed by atoms with van der Waals surface area (Å²) < 4.78 is 37.6. The van der Waals surface area contributed by atoms with Gasteiger partial charge in [-0.05, 0) is 29.8 Å². The van der Waals surface area contributed by atoms with Crippen molar-refractivity contribution in [2.75, 3.05) is 54.6 Å². The molecule has 5 rings (SSSR count). The second-order valence-corrected chi connectivity index (χ2v) is 10.6. The van der Waals surface area contributed by atoms with Gasteiger partial charge in [-0.2, -0.15) is 4.98 Å². The molecule has 0 saturated carbocycles. The molecule has 0 unspecified atom stereocenters. The van der Waals surface area contributed by atoms with E-state index in [1.54, 1.807) is 31.5 Å². The molecule has 1 aliphatic rings. The van der Waals surface area contributed by atoms with Gasteiger partial charge in [-0.25, -0.2) is 18.4 Å². The summed E-state index contributed by atoms with van der Waals surface area (Å²) in [5.41, 5.74) is 3.65. The zero-order chi connectivity index (χ0) is 24.4. The van der Waals surface area contributed by atoms with Crippen LogP contribution in [0.25, 0.3) is 21.3 Å². The topological polar surface area (TPSA) is 119 Å². The van der Waals surface area contributed by atoms with E-state index in [1.807, 2.05) is 23.6 Å². The number of rotatable bonds is 7. The Morgan fingerprint density at radius 3 is 2.74 bits per heavy atom. The van der Waals surface area contributed by atoms with Gasteiger partial charge in [-0.3, -0.25) is 4.72 Å². The van der Waals surface area contributed by atoms with Crippen LogP contribution in [-0.2, 0) is 14.8 Å². The van der Waals surface area contributed by atoms with E-state index in [2.05, 4.69) is 24.9 Å². The largest absolute Gasteiger partial charge is 0.479 e. The third-order valence-electron chi connectivity index (χ3n) is 5.41. The van der Waals surface area contributed by atoms with E-state index in [9.17, 15) is 8.42 Å². The maximum atomic E-state index is 11.6. The summed E-state index contributed by atoms with van der Waals surface area (Å²) in [6.45, 7) is 2.91. The fraction of sp³-hybridized carbons (Fsp3) is 0.261. The van der Waals surface area contributed by atoms with Gasteiger partial charge >= 0.3 is 0 Å². The highest BCUT2D eigenvalue weighted by molar-refractivity contribution is 7.92. The van der Waals surface area contributed by atoms with Crippen molar-refractivity contribution in [1.82, 2.24) is 15.0 Å². The third-order valence-corrected chi connectivity index (χ3v) is 6.92. The number of methoxy groups -OCH3 is 1. The van der Waals surface area contributed by atoms with E-state index in [0.29, 0.717) is 36.4 Å². The number of ether oxygens (including phenoxy) is 2. The van der Waals surface area contributed by atoms with Crippen molar-refractivity contribution in [3.8, 4) is 17.0 Å². The molecule has 4 aromatic rings. The van der Waals surface area contributed by atoms with Crippen LogP contribution in [0.15, 0.2) is 48.0 Å². The summed E-state index contributed by atoms with van der Waals surface area (Å²) in [4.78, 5) is 16.0. The maximum Gasteiger partial charge on any atom is 0.239 e. The Bertz CT molecular complexity index is 1470. The van der Waals surface area contributed by atoms with Crippen molar-refractivity contribution in [2.24, 2.45) is 0 Å². The molecule has 3 aromatic heterocycles. The number of nitrogens with one attached hydrogen (secondary N) is 2. The molecule has 0 spiro atoms. The van der Waals surface area contributed by atoms with Gasteiger partial charge in [0.1, 0.15) is 11.5 Å². The molecule has 2 N–H and O–H groups in total. The van der Waals surface area contributed by atoms with E-state index in [0.717, 1.165) is 46.5 Å². The fourth-order valence-electron chi connectivity index (χ4n) is 3.83. The SMILES string of the molecule is COc1nc(N2CCOCC2)ccc1Nc1ncc2scc(-c3cccc(NS(C)(=O)=O)c3)c2n1. The standard InChI is InChI=1S/C23H24N6O4S2/c1-32-22-18(6-7-20(26-22)29-8-10-33-11-9-29)25-23-24-13-19-21(27-23)17(14-34-19)15-4-3-5-16(12-15)28-35(2,30)31/h3-7,12-14,28H,8-11H2,1-2H3,(H,24,25,27). The summed E-state index contributed by atoms with van der Waals surface area (Å²) in [5, 5.41) is 5.20. The lowest BCUT2D eigenvalue weighted by molar-refractivity contribution is 0.122. The van der Waals surface area contributed by atoms with Crippen LogP contribution < -0.4 is 19.7 Å². The number of fused-ring (bicyclic) bond motifs is 1. The Kier molecular flexibility index (Phi) is 6.41. The molecule has 35 heavy (non-hydrogen) atoms. The predicted molar refractivity (Wildman–Crippen MR) is 138 cm³/mol. The predicted octanol–water partition coefficient (Wildman–Crippen LogP) is 3.71. The van der Waals surface area contributed by atoms with Crippen LogP contribution in [0, 0.1) is 0 Å². The molecule has 0 bridgehead atoms. The number of sulfonamides is 1. The second-order valence-electron chi connectivity index (χ2n) is 7.96. The zero-order valence-electron chi connectivity index (χ0n) is 19.2. The van der Waals surface area contributed by atoms with Crippen molar-refractivity contribution in [1.29, 1.82) is 0 Å². The Morgan fingerprint density at radius 1 is 1.14 bits per heavy atom. The minimum Gasteiger partial charge on any atom is -0.479 e. The summed E-state index contributed by atoms with van der Waals surface area (Å²) in [6, 6.07) is 11.1. The van der Waals surface area contributed by atoms with E-state index in [1.165, 1.54) is 11.3 Å². The van der Waals surface area contributed by atoms with E-state index >= 15 is 0 Å². The molecule has 12 heteroatoms. The quantitative estimate of drug-likeness (QED) is 0.382. The van der Waals surface area contributed by atoms with Crippen LogP contribution in [0.3, 0.4) is 0 Å². The summed E-state index contributed by atoms with van der Waals surface area (Å²) in [7, 11) is -1.80. The highest BCUT2D eigenvalue weighted by Gasteiger charge is 2.17. The number of thiophene rings is 1. The number of benzene rings is 1. The molecule has 4 heterocycles. The number of nitrogens with zero attached hydrogens (tertiary/aromatic N) is 4. The van der Waals surface area contributed by atoms with Crippen LogP contribution in [0.2, 0.25) is 0 Å². The van der Waals surface area contributed by atoms with Gasteiger partial charge < -0.3 is 19.7 Å². The molecule has 1 aromatic carbocycles. The molecule has 0 atom stereocenters. The van der Waals surface area contributed by atoms with Gasteiger partial charge in [0, 0.05) is 29.7 Å². The first-order valence-corrected chi connectivity index (χ1v) is 13.6. The van der Waals surface area contributed by atoms with Crippen LogP contribution in [0.4, 0.5) is 23.1 Å². The van der Waals surface area contributed by atoms with Crippen molar-refractivity contribution in [3.05, 3.63) is 48.0 Å². The molecular weight excluding hydrogens is 488 g/mol. The zero-order valence-corrected chi connectivity index (χ0v) is 20.8. The van der Waals surface area contributed by atoms with Crippen LogP contribution >= 0.6 is 11.3 Å². The third kappa shape index (κ3) is 5.29. The smallest absolute Gasteiger partial charge is 0.239 e. The molecule has 1 fully saturated rings. The van der Waals surface area contributed by atoms with Gasteiger partial charge in [0.2, 0.25) is 21.9 Å². The van der Waals surface area contributed by atoms with Gasteiger partial charge in [0.15, 0.2) is 0 Å². The average molecular weight is 513 g/mol. The van der Waals surface area contributed by atoms with Crippen LogP contribution in [-0.4, -0.2) is 63.0 Å². The van der Waals surface area contributed by atoms with Crippen molar-refractivity contribution < 1.29 is 17.9 Å². The Balaban J connectivity index is 1.44. The van der Waals surface area contributed by atoms with E-state index < -0.39 is 10.0 Å². The molecule has 0 aliphatic carbocycles. The minimum atomic E-state index is -3.37. The van der Waals surface area contributed by atoms with Crippen LogP contribution in [0.1, 0.15) is 0 Å². The van der Waals surface area contributed by atoms with E-state index in [-0.39, 0.29) is 0 Å². The second kappa shape index (κ2) is 9.64. The van der Waals surface area contributed by atoms with Crippen molar-refractivity contribution >= 4 is 54.7 Å². The van der Waals surface area contributed by atoms with Gasteiger partial charge in [0.05, 0.1) is 43.0 Å². The molecule has 0 amide bonds. The summed E-state index contributed by atoms with van der Waals surface area (Å²) >= 11 is 1.52. The highest BCUT2D eigenvalue weighted by Crippen LogP contribution is 2.35. The summed E-state index contributed by atoms with van der Waals surface area (Å²) in [6.07, 6.45) is 2.89. The van der Waals surface area contributed by atoms with Gasteiger partial charge in [-0.15, -0.1) is 11.3 Å². The first-order chi connectivity index (χ1) is 16.9. The fourth-order valence-corrected chi connectivity index (χ4v) is 5.26. The van der Waals surface area contributed by atoms with Crippen LogP contribution in [0.5, 0.6) is 5.88 Å². The first kappa shape index (κ1) is 23.3. The minimum absolute atomic E-state index is 0.404. The Hall–Kier alpha value is -3.48. The molecular formula is C23H24N6O4S2. The normalized spacial score (nSPS) is 14.2. The average Bonchev–Trinajstić information content (AvgIpc) is 3.27. The monoisotopic (exact) mass is 512 g/mol. The highest BCUT2D eigenvalue weighted by atomic mass is 32.2. The Morgan fingerprint density at radius 2 is 1.97 bits per heavy atom. The lowest BCUT2D eigenvalue weighted by atomic mass is 10.1. The van der Waals surface area contributed by atoms with Crippen molar-refractivity contribution in [2.45, 2.75) is 0 Å². The van der Waals surface area contributed by atoms with Crippen molar-refractivity contribution in [3.63, 3.8) is 0 Å². The Labute approximate surface area is 207 Å². The number of pyridine rings is 1. The molecule has 182 valence electrons. The lowest BCUT2D eigenvalue weighted by Crippen LogP contribution is -2.36.